The molecule has 3 aromatic rings. The van der Waals surface area contributed by atoms with E-state index in [2.05, 4.69) is 16.4 Å². The molecule has 1 amide bonds. The molecule has 2 aromatic carbocycles. The molecule has 4 rings (SSSR count). The Balaban J connectivity index is 1.37. The van der Waals surface area contributed by atoms with Crippen molar-refractivity contribution in [3.05, 3.63) is 71.5 Å². The fourth-order valence-electron chi connectivity index (χ4n) is 3.51. The van der Waals surface area contributed by atoms with Gasteiger partial charge in [0.1, 0.15) is 5.82 Å². The summed E-state index contributed by atoms with van der Waals surface area (Å²) in [6.45, 7) is 0. The molecule has 0 aliphatic heterocycles. The number of halogens is 1. The highest BCUT2D eigenvalue weighted by Crippen LogP contribution is 2.28. The summed E-state index contributed by atoms with van der Waals surface area (Å²) in [7, 11) is 0. The van der Waals surface area contributed by atoms with E-state index in [0.717, 1.165) is 24.1 Å². The van der Waals surface area contributed by atoms with Gasteiger partial charge in [0.15, 0.2) is 11.7 Å². The van der Waals surface area contributed by atoms with Gasteiger partial charge in [0, 0.05) is 24.1 Å². The fourth-order valence-corrected chi connectivity index (χ4v) is 3.51. The van der Waals surface area contributed by atoms with Crippen molar-refractivity contribution in [3.63, 3.8) is 0 Å². The van der Waals surface area contributed by atoms with Crippen molar-refractivity contribution in [2.45, 2.75) is 38.5 Å². The Morgan fingerprint density at radius 3 is 2.78 bits per heavy atom. The number of carbonyl (C=O) groups is 1. The number of nitrogens with zero attached hydrogens (tertiary/aromatic N) is 1. The van der Waals surface area contributed by atoms with Gasteiger partial charge in [-0.25, -0.2) is 9.37 Å². The zero-order valence-electron chi connectivity index (χ0n) is 15.0. The lowest BCUT2D eigenvalue weighted by Gasteiger charge is -2.19. The van der Waals surface area contributed by atoms with Crippen LogP contribution in [-0.4, -0.2) is 10.9 Å². The zero-order valence-corrected chi connectivity index (χ0v) is 15.0. The van der Waals surface area contributed by atoms with Crippen molar-refractivity contribution in [1.82, 2.24) is 4.98 Å². The van der Waals surface area contributed by atoms with Crippen LogP contribution >= 0.6 is 0 Å². The van der Waals surface area contributed by atoms with Gasteiger partial charge in [0.2, 0.25) is 5.91 Å². The second-order valence-electron chi connectivity index (χ2n) is 6.82. The summed E-state index contributed by atoms with van der Waals surface area (Å²) >= 11 is 0. The first-order valence-electron chi connectivity index (χ1n) is 9.30. The average Bonchev–Trinajstić information content (AvgIpc) is 3.16. The second-order valence-corrected chi connectivity index (χ2v) is 6.82. The van der Waals surface area contributed by atoms with Gasteiger partial charge in [0.05, 0.1) is 6.20 Å². The van der Waals surface area contributed by atoms with E-state index in [4.69, 9.17) is 4.42 Å². The van der Waals surface area contributed by atoms with Crippen molar-refractivity contribution in [2.75, 3.05) is 5.32 Å². The Hall–Kier alpha value is -2.95. The monoisotopic (exact) mass is 364 g/mol. The molecule has 1 aliphatic carbocycles. The van der Waals surface area contributed by atoms with Crippen molar-refractivity contribution in [1.29, 1.82) is 0 Å². The number of hydrogen-bond acceptors (Lipinski definition) is 3. The molecule has 0 saturated carbocycles. The number of hydrogen-bond donors (Lipinski definition) is 1. The lowest BCUT2D eigenvalue weighted by molar-refractivity contribution is -0.116. The number of anilines is 1. The summed E-state index contributed by atoms with van der Waals surface area (Å²) in [5, 5.41) is 3.03. The van der Waals surface area contributed by atoms with E-state index >= 15 is 0 Å². The maximum atomic E-state index is 13.0. The molecule has 1 heterocycles. The number of aryl methyl sites for hydroxylation is 2. The maximum absolute atomic E-state index is 13.0. The molecule has 0 unspecified atom stereocenters. The van der Waals surface area contributed by atoms with E-state index in [1.807, 2.05) is 12.1 Å². The molecule has 1 aromatic heterocycles. The van der Waals surface area contributed by atoms with Gasteiger partial charge < -0.3 is 9.73 Å². The van der Waals surface area contributed by atoms with Crippen LogP contribution in [0.2, 0.25) is 0 Å². The summed E-state index contributed by atoms with van der Waals surface area (Å²) in [4.78, 5) is 16.6. The Bertz CT molecular complexity index is 947. The van der Waals surface area contributed by atoms with Gasteiger partial charge in [0.25, 0.3) is 0 Å². The van der Waals surface area contributed by atoms with Crippen molar-refractivity contribution in [2.24, 2.45) is 0 Å². The number of amides is 1. The van der Waals surface area contributed by atoms with Crippen molar-refractivity contribution >= 4 is 11.6 Å². The van der Waals surface area contributed by atoms with E-state index in [1.165, 1.54) is 36.1 Å². The van der Waals surface area contributed by atoms with E-state index in [9.17, 15) is 9.18 Å². The molecular weight excluding hydrogens is 343 g/mol. The Labute approximate surface area is 157 Å². The fraction of sp³-hybridized carbons (Fsp3) is 0.273. The Morgan fingerprint density at radius 2 is 1.93 bits per heavy atom. The third-order valence-electron chi connectivity index (χ3n) is 4.92. The molecule has 0 saturated heterocycles. The van der Waals surface area contributed by atoms with Crippen LogP contribution in [0.5, 0.6) is 0 Å². The summed E-state index contributed by atoms with van der Waals surface area (Å²) in [6, 6.07) is 12.2. The molecule has 0 radical (unpaired) electrons. The Kier molecular flexibility index (Phi) is 5.01. The lowest BCUT2D eigenvalue weighted by atomic mass is 9.90. The van der Waals surface area contributed by atoms with Gasteiger partial charge in [-0.05, 0) is 67.1 Å². The van der Waals surface area contributed by atoms with E-state index in [1.54, 1.807) is 18.3 Å². The first-order valence-corrected chi connectivity index (χ1v) is 9.30. The second kappa shape index (κ2) is 7.74. The number of rotatable bonds is 5. The van der Waals surface area contributed by atoms with Gasteiger partial charge >= 0.3 is 0 Å². The maximum Gasteiger partial charge on any atom is 0.224 e. The number of carbonyl (C=O) groups excluding carboxylic acids is 1. The van der Waals surface area contributed by atoms with Crippen LogP contribution < -0.4 is 5.32 Å². The standard InChI is InChI=1S/C22H21FN2O2/c23-17-10-8-16(9-11-17)20-14-24-22(27-20)13-12-21(26)25-19-7-3-5-15-4-1-2-6-18(15)19/h3,5,7-11,14H,1-2,4,6,12-13H2,(H,25,26). The minimum atomic E-state index is -0.293. The van der Waals surface area contributed by atoms with Crippen molar-refractivity contribution < 1.29 is 13.6 Å². The van der Waals surface area contributed by atoms with Crippen LogP contribution in [0, 0.1) is 5.82 Å². The predicted octanol–water partition coefficient (Wildman–Crippen LogP) is 4.93. The molecule has 0 atom stereocenters. The van der Waals surface area contributed by atoms with E-state index in [-0.39, 0.29) is 11.7 Å². The summed E-state index contributed by atoms with van der Waals surface area (Å²) in [5.41, 5.74) is 4.30. The smallest absolute Gasteiger partial charge is 0.224 e. The minimum Gasteiger partial charge on any atom is -0.441 e. The summed E-state index contributed by atoms with van der Waals surface area (Å²) in [5.74, 6) is 0.732. The minimum absolute atomic E-state index is 0.0458. The van der Waals surface area contributed by atoms with Gasteiger partial charge in [-0.3, -0.25) is 4.79 Å². The van der Waals surface area contributed by atoms with Crippen LogP contribution in [0.25, 0.3) is 11.3 Å². The van der Waals surface area contributed by atoms with Crippen LogP contribution in [0.15, 0.2) is 53.1 Å². The highest BCUT2D eigenvalue weighted by molar-refractivity contribution is 5.91. The predicted molar refractivity (Wildman–Crippen MR) is 102 cm³/mol. The van der Waals surface area contributed by atoms with Crippen LogP contribution in [0.3, 0.4) is 0 Å². The molecule has 4 nitrogen and oxygen atoms in total. The normalized spacial score (nSPS) is 13.2. The van der Waals surface area contributed by atoms with E-state index < -0.39 is 0 Å². The lowest BCUT2D eigenvalue weighted by Crippen LogP contribution is -2.15. The molecule has 0 bridgehead atoms. The number of benzene rings is 2. The molecule has 0 fully saturated rings. The third-order valence-corrected chi connectivity index (χ3v) is 4.92. The van der Waals surface area contributed by atoms with Gasteiger partial charge in [-0.15, -0.1) is 0 Å². The Morgan fingerprint density at radius 1 is 1.11 bits per heavy atom. The summed E-state index contributed by atoms with van der Waals surface area (Å²) < 4.78 is 18.7. The topological polar surface area (TPSA) is 55.1 Å². The van der Waals surface area contributed by atoms with Crippen molar-refractivity contribution in [3.8, 4) is 11.3 Å². The molecule has 5 heteroatoms. The molecule has 138 valence electrons. The van der Waals surface area contributed by atoms with Crippen LogP contribution in [-0.2, 0) is 24.1 Å². The highest BCUT2D eigenvalue weighted by atomic mass is 19.1. The number of oxazole rings is 1. The number of aromatic nitrogens is 1. The SMILES string of the molecule is O=C(CCc1ncc(-c2ccc(F)cc2)o1)Nc1cccc2c1CCCC2. The van der Waals surface area contributed by atoms with Crippen LogP contribution in [0.4, 0.5) is 10.1 Å². The molecule has 1 aliphatic rings. The molecular formula is C22H21FN2O2. The quantitative estimate of drug-likeness (QED) is 0.698. The van der Waals surface area contributed by atoms with Gasteiger partial charge in [-0.2, -0.15) is 0 Å². The third kappa shape index (κ3) is 4.08. The molecule has 0 spiro atoms. The number of nitrogens with one attached hydrogen (secondary N) is 1. The highest BCUT2D eigenvalue weighted by Gasteiger charge is 2.15. The molecule has 1 N–H and O–H groups in total. The zero-order chi connectivity index (χ0) is 18.6. The average molecular weight is 364 g/mol. The van der Waals surface area contributed by atoms with Gasteiger partial charge in [-0.1, -0.05) is 12.1 Å². The van der Waals surface area contributed by atoms with Crippen LogP contribution in [0.1, 0.15) is 36.3 Å². The van der Waals surface area contributed by atoms with E-state index in [0.29, 0.717) is 24.5 Å². The first kappa shape index (κ1) is 17.5. The summed E-state index contributed by atoms with van der Waals surface area (Å²) in [6.07, 6.45) is 6.81. The molecule has 27 heavy (non-hydrogen) atoms. The number of fused-ring (bicyclic) bond motifs is 1. The first-order chi connectivity index (χ1) is 13.2. The largest absolute Gasteiger partial charge is 0.441 e.